The van der Waals surface area contributed by atoms with Gasteiger partial charge in [0, 0.05) is 11.1 Å². The van der Waals surface area contributed by atoms with Gasteiger partial charge in [-0.05, 0) is 36.8 Å². The lowest BCUT2D eigenvalue weighted by Gasteiger charge is -2.27. The van der Waals surface area contributed by atoms with E-state index in [0.717, 1.165) is 14.6 Å². The molecule has 4 rings (SSSR count). The van der Waals surface area contributed by atoms with Crippen molar-refractivity contribution >= 4 is 60.7 Å². The van der Waals surface area contributed by atoms with Gasteiger partial charge in [0.05, 0.1) is 40.3 Å². The molecule has 6 nitrogen and oxygen atoms in total. The normalized spacial score (nSPS) is 18.5. The first-order valence-corrected chi connectivity index (χ1v) is 12.6. The molecule has 1 amide bonds. The summed E-state index contributed by atoms with van der Waals surface area (Å²) in [5.41, 5.74) is 0.807. The SMILES string of the molecule is O=C(CSc1nc2cc(Cl)ccc2s1)N(Cc1ccco1)[C@@H]1CCS(=O)(=O)C1. The molecule has 1 aliphatic rings. The molecule has 1 aliphatic heterocycles. The number of amides is 1. The molecule has 3 heterocycles. The van der Waals surface area contributed by atoms with E-state index in [0.29, 0.717) is 17.2 Å². The highest BCUT2D eigenvalue weighted by molar-refractivity contribution is 8.01. The lowest BCUT2D eigenvalue weighted by Crippen LogP contribution is -2.41. The molecule has 0 unspecified atom stereocenters. The van der Waals surface area contributed by atoms with Crippen molar-refractivity contribution in [1.29, 1.82) is 0 Å². The van der Waals surface area contributed by atoms with Crippen LogP contribution in [0.2, 0.25) is 5.02 Å². The van der Waals surface area contributed by atoms with E-state index in [1.165, 1.54) is 23.1 Å². The number of aromatic nitrogens is 1. The van der Waals surface area contributed by atoms with Crippen LogP contribution in [0.15, 0.2) is 45.4 Å². The van der Waals surface area contributed by atoms with Crippen LogP contribution in [-0.4, -0.2) is 47.5 Å². The highest BCUT2D eigenvalue weighted by atomic mass is 35.5. The number of furan rings is 1. The Bertz CT molecular complexity index is 1100. The monoisotopic (exact) mass is 456 g/mol. The van der Waals surface area contributed by atoms with Gasteiger partial charge in [0.2, 0.25) is 5.91 Å². The summed E-state index contributed by atoms with van der Waals surface area (Å²) in [7, 11) is -3.10. The molecule has 3 aromatic rings. The molecule has 0 aliphatic carbocycles. The number of thiazole rings is 1. The van der Waals surface area contributed by atoms with E-state index < -0.39 is 9.84 Å². The average Bonchev–Trinajstić information content (AvgIpc) is 3.36. The predicted octanol–water partition coefficient (Wildman–Crippen LogP) is 3.85. The van der Waals surface area contributed by atoms with Crippen molar-refractivity contribution in [1.82, 2.24) is 9.88 Å². The van der Waals surface area contributed by atoms with E-state index >= 15 is 0 Å². The van der Waals surface area contributed by atoms with Gasteiger partial charge in [-0.15, -0.1) is 11.3 Å². The van der Waals surface area contributed by atoms with Crippen molar-refractivity contribution in [2.24, 2.45) is 0 Å². The molecule has 1 saturated heterocycles. The van der Waals surface area contributed by atoms with Crippen LogP contribution in [0.25, 0.3) is 10.2 Å². The largest absolute Gasteiger partial charge is 0.467 e. The number of rotatable bonds is 6. The van der Waals surface area contributed by atoms with Gasteiger partial charge in [0.25, 0.3) is 0 Å². The Morgan fingerprint density at radius 1 is 1.39 bits per heavy atom. The minimum absolute atomic E-state index is 0.00372. The minimum Gasteiger partial charge on any atom is -0.467 e. The summed E-state index contributed by atoms with van der Waals surface area (Å²) < 4.78 is 30.9. The van der Waals surface area contributed by atoms with Crippen molar-refractivity contribution in [3.05, 3.63) is 47.4 Å². The quantitative estimate of drug-likeness (QED) is 0.524. The van der Waals surface area contributed by atoms with Gasteiger partial charge in [-0.2, -0.15) is 0 Å². The summed E-state index contributed by atoms with van der Waals surface area (Å²) in [5, 5.41) is 0.623. The summed E-state index contributed by atoms with van der Waals surface area (Å²) in [6.07, 6.45) is 2.00. The molecule has 1 aromatic carbocycles. The maximum atomic E-state index is 12.9. The number of sulfone groups is 1. The van der Waals surface area contributed by atoms with Crippen LogP contribution in [-0.2, 0) is 21.2 Å². The fourth-order valence-corrected chi connectivity index (χ4v) is 6.99. The Morgan fingerprint density at radius 2 is 2.25 bits per heavy atom. The Kier molecular flexibility index (Phi) is 5.69. The number of halogens is 1. The molecule has 28 heavy (non-hydrogen) atoms. The first-order valence-electron chi connectivity index (χ1n) is 8.61. The summed E-state index contributed by atoms with van der Waals surface area (Å²) >= 11 is 8.86. The van der Waals surface area contributed by atoms with Crippen molar-refractivity contribution in [3.8, 4) is 0 Å². The maximum Gasteiger partial charge on any atom is 0.233 e. The Morgan fingerprint density at radius 3 is 2.96 bits per heavy atom. The van der Waals surface area contributed by atoms with Crippen LogP contribution in [0.4, 0.5) is 0 Å². The molecule has 0 saturated carbocycles. The molecule has 2 aromatic heterocycles. The fourth-order valence-electron chi connectivity index (χ4n) is 3.16. The van der Waals surface area contributed by atoms with E-state index in [4.69, 9.17) is 16.0 Å². The van der Waals surface area contributed by atoms with Gasteiger partial charge < -0.3 is 9.32 Å². The maximum absolute atomic E-state index is 12.9. The minimum atomic E-state index is -3.10. The van der Waals surface area contributed by atoms with E-state index in [-0.39, 0.29) is 35.8 Å². The number of nitrogens with zero attached hydrogens (tertiary/aromatic N) is 2. The van der Waals surface area contributed by atoms with Gasteiger partial charge in [-0.25, -0.2) is 13.4 Å². The second-order valence-electron chi connectivity index (χ2n) is 6.54. The van der Waals surface area contributed by atoms with E-state index in [2.05, 4.69) is 4.98 Å². The third-order valence-corrected chi connectivity index (χ3v) is 8.67. The third kappa shape index (κ3) is 4.53. The van der Waals surface area contributed by atoms with Gasteiger partial charge >= 0.3 is 0 Å². The number of carbonyl (C=O) groups excluding carboxylic acids is 1. The second-order valence-corrected chi connectivity index (χ2v) is 11.5. The van der Waals surface area contributed by atoms with Crippen LogP contribution >= 0.6 is 34.7 Å². The summed E-state index contributed by atoms with van der Waals surface area (Å²) in [4.78, 5) is 19.1. The number of benzene rings is 1. The van der Waals surface area contributed by atoms with Crippen molar-refractivity contribution < 1.29 is 17.6 Å². The lowest BCUT2D eigenvalue weighted by atomic mass is 10.2. The lowest BCUT2D eigenvalue weighted by molar-refractivity contribution is -0.131. The van der Waals surface area contributed by atoms with Crippen molar-refractivity contribution in [2.45, 2.75) is 23.3 Å². The van der Waals surface area contributed by atoms with Gasteiger partial charge in [0.1, 0.15) is 5.76 Å². The third-order valence-electron chi connectivity index (χ3n) is 4.52. The number of thioether (sulfide) groups is 1. The molecule has 1 atom stereocenters. The number of hydrogen-bond acceptors (Lipinski definition) is 7. The molecule has 10 heteroatoms. The van der Waals surface area contributed by atoms with Crippen LogP contribution in [0, 0.1) is 0 Å². The van der Waals surface area contributed by atoms with Crippen molar-refractivity contribution in [2.75, 3.05) is 17.3 Å². The molecule has 1 fully saturated rings. The average molecular weight is 457 g/mol. The topological polar surface area (TPSA) is 80.5 Å². The van der Waals surface area contributed by atoms with Gasteiger partial charge in [-0.1, -0.05) is 23.4 Å². The van der Waals surface area contributed by atoms with E-state index in [1.807, 2.05) is 12.1 Å². The zero-order valence-electron chi connectivity index (χ0n) is 14.7. The fraction of sp³-hybridized carbons (Fsp3) is 0.333. The standard InChI is InChI=1S/C18H17ClN2O4S3/c19-12-3-4-16-15(8-12)20-18(27-16)26-10-17(22)21(9-14-2-1-6-25-14)13-5-7-28(23,24)11-13/h1-4,6,8,13H,5,7,9-11H2/t13-/m1/s1. The highest BCUT2D eigenvalue weighted by Gasteiger charge is 2.35. The second kappa shape index (κ2) is 8.06. The van der Waals surface area contributed by atoms with Crippen LogP contribution < -0.4 is 0 Å². The molecular weight excluding hydrogens is 440 g/mol. The van der Waals surface area contributed by atoms with E-state index in [1.54, 1.807) is 29.4 Å². The molecule has 0 N–H and O–H groups in total. The molecule has 148 valence electrons. The zero-order chi connectivity index (χ0) is 19.7. The molecular formula is C18H17ClN2O4S3. The van der Waals surface area contributed by atoms with Crippen molar-refractivity contribution in [3.63, 3.8) is 0 Å². The first-order chi connectivity index (χ1) is 13.4. The summed E-state index contributed by atoms with van der Waals surface area (Å²) in [5.74, 6) is 0.818. The Balaban J connectivity index is 1.48. The summed E-state index contributed by atoms with van der Waals surface area (Å²) in [6, 6.07) is 8.74. The first kappa shape index (κ1) is 19.8. The molecule has 0 bridgehead atoms. The number of hydrogen-bond donors (Lipinski definition) is 0. The van der Waals surface area contributed by atoms with Gasteiger partial charge in [0.15, 0.2) is 14.2 Å². The smallest absolute Gasteiger partial charge is 0.233 e. The summed E-state index contributed by atoms with van der Waals surface area (Å²) in [6.45, 7) is 0.266. The van der Waals surface area contributed by atoms with Crippen LogP contribution in [0.5, 0.6) is 0 Å². The Labute approximate surface area is 175 Å². The zero-order valence-corrected chi connectivity index (χ0v) is 17.9. The Hall–Kier alpha value is -1.55. The van der Waals surface area contributed by atoms with Gasteiger partial charge in [-0.3, -0.25) is 4.79 Å². The number of carbonyl (C=O) groups is 1. The van der Waals surface area contributed by atoms with E-state index in [9.17, 15) is 13.2 Å². The van der Waals surface area contributed by atoms with Crippen LogP contribution in [0.3, 0.4) is 0 Å². The number of fused-ring (bicyclic) bond motifs is 1. The van der Waals surface area contributed by atoms with Crippen LogP contribution in [0.1, 0.15) is 12.2 Å². The highest BCUT2D eigenvalue weighted by Crippen LogP contribution is 2.31. The molecule has 0 spiro atoms. The predicted molar refractivity (Wildman–Crippen MR) is 112 cm³/mol. The molecule has 0 radical (unpaired) electrons.